The van der Waals surface area contributed by atoms with Gasteiger partial charge in [0.25, 0.3) is 0 Å². The number of ether oxygens (including phenoxy) is 2. The van der Waals surface area contributed by atoms with Crippen LogP contribution < -0.4 is 5.43 Å². The zero-order valence-electron chi connectivity index (χ0n) is 7.91. The lowest BCUT2D eigenvalue weighted by molar-refractivity contribution is -0.140. The van der Waals surface area contributed by atoms with Crippen LogP contribution in [0.3, 0.4) is 0 Å². The Bertz CT molecular complexity index is 157. The Morgan fingerprint density at radius 2 is 2.23 bits per heavy atom. The lowest BCUT2D eigenvalue weighted by Gasteiger charge is -2.26. The summed E-state index contributed by atoms with van der Waals surface area (Å²) < 4.78 is 9.69. The van der Waals surface area contributed by atoms with E-state index in [4.69, 9.17) is 4.74 Å². The van der Waals surface area contributed by atoms with E-state index < -0.39 is 0 Å². The average Bonchev–Trinajstić information content (AvgIpc) is 2.19. The molecule has 1 saturated heterocycles. The van der Waals surface area contributed by atoms with Crippen LogP contribution in [0.1, 0.15) is 6.42 Å². The van der Waals surface area contributed by atoms with E-state index in [1.807, 2.05) is 0 Å². The van der Waals surface area contributed by atoms with Crippen LogP contribution in [0, 0.1) is 0 Å². The van der Waals surface area contributed by atoms with Crippen LogP contribution >= 0.6 is 0 Å². The highest BCUT2D eigenvalue weighted by atomic mass is 16.5. The number of hydrogen-bond acceptors (Lipinski definition) is 5. The molecule has 0 aromatic heterocycles. The topological polar surface area (TPSA) is 50.8 Å². The predicted molar refractivity (Wildman–Crippen MR) is 47.0 cm³/mol. The van der Waals surface area contributed by atoms with Gasteiger partial charge in [0.1, 0.15) is 0 Å². The Kier molecular flexibility index (Phi) is 4.74. The Morgan fingerprint density at radius 3 is 2.85 bits per heavy atom. The SMILES string of the molecule is COC(=O)CCNN1CCOCC1. The number of methoxy groups -OCH3 is 1. The third-order valence-corrected chi connectivity index (χ3v) is 1.90. The summed E-state index contributed by atoms with van der Waals surface area (Å²) >= 11 is 0. The van der Waals surface area contributed by atoms with Crippen molar-refractivity contribution in [3.05, 3.63) is 0 Å². The Morgan fingerprint density at radius 1 is 1.54 bits per heavy atom. The van der Waals surface area contributed by atoms with Crippen molar-refractivity contribution >= 4 is 5.97 Å². The highest BCUT2D eigenvalue weighted by Gasteiger charge is 2.09. The summed E-state index contributed by atoms with van der Waals surface area (Å²) in [5.74, 6) is -0.180. The second-order valence-corrected chi connectivity index (χ2v) is 2.83. The van der Waals surface area contributed by atoms with Gasteiger partial charge in [0.15, 0.2) is 0 Å². The lowest BCUT2D eigenvalue weighted by atomic mass is 10.4. The zero-order chi connectivity index (χ0) is 9.52. The Hall–Kier alpha value is -0.650. The standard InChI is InChI=1S/C8H16N2O3/c1-12-8(11)2-3-9-10-4-6-13-7-5-10/h9H,2-7H2,1H3. The normalized spacial score (nSPS) is 18.5. The number of hydrazine groups is 1. The fourth-order valence-corrected chi connectivity index (χ4v) is 1.14. The molecule has 0 radical (unpaired) electrons. The molecule has 0 bridgehead atoms. The van der Waals surface area contributed by atoms with Crippen molar-refractivity contribution in [2.75, 3.05) is 40.0 Å². The Balaban J connectivity index is 2.01. The molecule has 1 aliphatic rings. The summed E-state index contributed by atoms with van der Waals surface area (Å²) in [4.78, 5) is 10.7. The Labute approximate surface area is 78.0 Å². The van der Waals surface area contributed by atoms with Crippen LogP contribution in [-0.2, 0) is 14.3 Å². The van der Waals surface area contributed by atoms with Gasteiger partial charge in [0.05, 0.1) is 26.7 Å². The van der Waals surface area contributed by atoms with E-state index in [1.54, 1.807) is 0 Å². The van der Waals surface area contributed by atoms with Crippen molar-refractivity contribution in [2.45, 2.75) is 6.42 Å². The van der Waals surface area contributed by atoms with Crippen molar-refractivity contribution in [3.8, 4) is 0 Å². The third kappa shape index (κ3) is 4.21. The van der Waals surface area contributed by atoms with Crippen LogP contribution in [-0.4, -0.2) is 50.9 Å². The second kappa shape index (κ2) is 5.90. The minimum atomic E-state index is -0.180. The van der Waals surface area contributed by atoms with Gasteiger partial charge in [-0.2, -0.15) is 0 Å². The van der Waals surface area contributed by atoms with Crippen LogP contribution in [0.4, 0.5) is 0 Å². The largest absolute Gasteiger partial charge is 0.469 e. The smallest absolute Gasteiger partial charge is 0.306 e. The molecule has 76 valence electrons. The molecule has 0 aromatic carbocycles. The van der Waals surface area contributed by atoms with E-state index in [9.17, 15) is 4.79 Å². The van der Waals surface area contributed by atoms with E-state index in [-0.39, 0.29) is 5.97 Å². The maximum absolute atomic E-state index is 10.7. The number of nitrogens with one attached hydrogen (secondary N) is 1. The van der Waals surface area contributed by atoms with Gasteiger partial charge in [-0.05, 0) is 0 Å². The molecule has 0 aliphatic carbocycles. The van der Waals surface area contributed by atoms with Gasteiger partial charge in [0.2, 0.25) is 0 Å². The number of carbonyl (C=O) groups excluding carboxylic acids is 1. The first kappa shape index (κ1) is 10.4. The van der Waals surface area contributed by atoms with Crippen LogP contribution in [0.2, 0.25) is 0 Å². The summed E-state index contributed by atoms with van der Waals surface area (Å²) in [5, 5.41) is 2.06. The number of esters is 1. The molecule has 0 atom stereocenters. The first-order chi connectivity index (χ1) is 6.33. The maximum atomic E-state index is 10.7. The number of hydrogen-bond donors (Lipinski definition) is 1. The summed E-state index contributed by atoms with van der Waals surface area (Å²) in [7, 11) is 1.40. The number of morpholine rings is 1. The van der Waals surface area contributed by atoms with Crippen molar-refractivity contribution in [1.82, 2.24) is 10.4 Å². The highest BCUT2D eigenvalue weighted by Crippen LogP contribution is 1.92. The van der Waals surface area contributed by atoms with Gasteiger partial charge in [-0.25, -0.2) is 5.01 Å². The minimum absolute atomic E-state index is 0.180. The van der Waals surface area contributed by atoms with E-state index in [0.717, 1.165) is 26.3 Å². The van der Waals surface area contributed by atoms with Crippen molar-refractivity contribution in [3.63, 3.8) is 0 Å². The van der Waals surface area contributed by atoms with Crippen molar-refractivity contribution in [1.29, 1.82) is 0 Å². The van der Waals surface area contributed by atoms with Gasteiger partial charge < -0.3 is 9.47 Å². The molecule has 5 nitrogen and oxygen atoms in total. The molecule has 0 unspecified atom stereocenters. The summed E-state index contributed by atoms with van der Waals surface area (Å²) in [6, 6.07) is 0. The van der Waals surface area contributed by atoms with Gasteiger partial charge in [-0.3, -0.25) is 10.2 Å². The zero-order valence-corrected chi connectivity index (χ0v) is 7.91. The molecule has 13 heavy (non-hydrogen) atoms. The fraction of sp³-hybridized carbons (Fsp3) is 0.875. The monoisotopic (exact) mass is 188 g/mol. The summed E-state index contributed by atoms with van der Waals surface area (Å²) in [5.41, 5.74) is 3.14. The van der Waals surface area contributed by atoms with Gasteiger partial charge in [0, 0.05) is 19.6 Å². The molecule has 1 rings (SSSR count). The molecule has 1 aliphatic heterocycles. The molecule has 5 heteroatoms. The quantitative estimate of drug-likeness (QED) is 0.596. The minimum Gasteiger partial charge on any atom is -0.469 e. The predicted octanol–water partition coefficient (Wildman–Crippen LogP) is -0.614. The number of rotatable bonds is 4. The van der Waals surface area contributed by atoms with Gasteiger partial charge >= 0.3 is 5.97 Å². The molecule has 0 aromatic rings. The third-order valence-electron chi connectivity index (χ3n) is 1.90. The van der Waals surface area contributed by atoms with E-state index in [2.05, 4.69) is 15.2 Å². The summed E-state index contributed by atoms with van der Waals surface area (Å²) in [6.45, 7) is 3.89. The fourth-order valence-electron chi connectivity index (χ4n) is 1.14. The van der Waals surface area contributed by atoms with Gasteiger partial charge in [-0.15, -0.1) is 0 Å². The second-order valence-electron chi connectivity index (χ2n) is 2.83. The van der Waals surface area contributed by atoms with Crippen molar-refractivity contribution < 1.29 is 14.3 Å². The van der Waals surface area contributed by atoms with Crippen LogP contribution in [0.15, 0.2) is 0 Å². The van der Waals surface area contributed by atoms with E-state index >= 15 is 0 Å². The van der Waals surface area contributed by atoms with E-state index in [1.165, 1.54) is 7.11 Å². The van der Waals surface area contributed by atoms with E-state index in [0.29, 0.717) is 13.0 Å². The highest BCUT2D eigenvalue weighted by molar-refractivity contribution is 5.69. The molecule has 0 amide bonds. The van der Waals surface area contributed by atoms with Crippen molar-refractivity contribution in [2.24, 2.45) is 0 Å². The average molecular weight is 188 g/mol. The molecule has 1 fully saturated rings. The lowest BCUT2D eigenvalue weighted by Crippen LogP contribution is -2.46. The molecule has 1 N–H and O–H groups in total. The molecule has 0 spiro atoms. The van der Waals surface area contributed by atoms with Crippen LogP contribution in [0.25, 0.3) is 0 Å². The van der Waals surface area contributed by atoms with Crippen LogP contribution in [0.5, 0.6) is 0 Å². The molecular weight excluding hydrogens is 172 g/mol. The van der Waals surface area contributed by atoms with Gasteiger partial charge in [-0.1, -0.05) is 0 Å². The first-order valence-electron chi connectivity index (χ1n) is 4.46. The first-order valence-corrected chi connectivity index (χ1v) is 4.46. The summed E-state index contributed by atoms with van der Waals surface area (Å²) in [6.07, 6.45) is 0.411. The number of carbonyl (C=O) groups is 1. The number of nitrogens with zero attached hydrogens (tertiary/aromatic N) is 1. The maximum Gasteiger partial charge on any atom is 0.306 e. The molecule has 0 saturated carbocycles. The molecular formula is C8H16N2O3. The molecule has 1 heterocycles.